The molecule has 1 unspecified atom stereocenters. The number of anilines is 1. The third-order valence-corrected chi connectivity index (χ3v) is 3.13. The highest BCUT2D eigenvalue weighted by atomic mass is 16.6. The fourth-order valence-electron chi connectivity index (χ4n) is 1.98. The lowest BCUT2D eigenvalue weighted by atomic mass is 10.1. The van der Waals surface area contributed by atoms with Crippen molar-refractivity contribution in [2.24, 2.45) is 0 Å². The summed E-state index contributed by atoms with van der Waals surface area (Å²) in [5, 5.41) is 12.0. The molecule has 0 spiro atoms. The minimum atomic E-state index is -1.03. The van der Waals surface area contributed by atoms with Crippen LogP contribution in [0.5, 0.6) is 0 Å². The third-order valence-electron chi connectivity index (χ3n) is 3.13. The monoisotopic (exact) mass is 292 g/mol. The van der Waals surface area contributed by atoms with Crippen molar-refractivity contribution in [3.8, 4) is 0 Å². The summed E-state index contributed by atoms with van der Waals surface area (Å²) < 4.78 is 5.03. The van der Waals surface area contributed by atoms with Crippen LogP contribution in [-0.4, -0.2) is 40.2 Å². The van der Waals surface area contributed by atoms with Gasteiger partial charge < -0.3 is 19.9 Å². The highest BCUT2D eigenvalue weighted by molar-refractivity contribution is 5.99. The summed E-state index contributed by atoms with van der Waals surface area (Å²) in [5.74, 6) is -0.335. The molecule has 0 aliphatic carbocycles. The first kappa shape index (κ1) is 15.2. The Bertz CT molecular complexity index is 527. The summed E-state index contributed by atoms with van der Waals surface area (Å²) in [5.41, 5.74) is -0.252. The van der Waals surface area contributed by atoms with E-state index in [1.807, 2.05) is 0 Å². The molecule has 0 radical (unpaired) electrons. The zero-order valence-corrected chi connectivity index (χ0v) is 12.3. The van der Waals surface area contributed by atoms with Gasteiger partial charge in [0.2, 0.25) is 0 Å². The molecule has 1 aromatic heterocycles. The molecule has 1 aliphatic rings. The minimum absolute atomic E-state index is 0.243. The normalized spacial score (nSPS) is 18.8. The van der Waals surface area contributed by atoms with Crippen LogP contribution in [0.25, 0.3) is 0 Å². The number of rotatable bonds is 2. The highest BCUT2D eigenvalue weighted by Gasteiger charge is 2.36. The van der Waals surface area contributed by atoms with Crippen molar-refractivity contribution in [2.75, 3.05) is 11.4 Å². The zero-order valence-electron chi connectivity index (χ0n) is 12.3. The maximum Gasteiger partial charge on any atom is 0.400 e. The Morgan fingerprint density at radius 2 is 2.24 bits per heavy atom. The number of aromatic nitrogens is 1. The molecule has 7 heteroatoms. The number of carbonyl (C=O) groups excluding carboxylic acids is 2. The molecule has 0 bridgehead atoms. The van der Waals surface area contributed by atoms with E-state index in [0.717, 1.165) is 0 Å². The summed E-state index contributed by atoms with van der Waals surface area (Å²) in [6.45, 7) is 5.22. The van der Waals surface area contributed by atoms with Gasteiger partial charge in [-0.3, -0.25) is 9.78 Å². The van der Waals surface area contributed by atoms with Gasteiger partial charge in [0.15, 0.2) is 6.10 Å². The smallest absolute Gasteiger partial charge is 0.400 e. The molecule has 1 saturated heterocycles. The van der Waals surface area contributed by atoms with Crippen molar-refractivity contribution in [2.45, 2.75) is 38.8 Å². The lowest BCUT2D eigenvalue weighted by Crippen LogP contribution is -2.44. The van der Waals surface area contributed by atoms with E-state index in [2.05, 4.69) is 4.98 Å². The number of ether oxygens (including phenoxy) is 1. The van der Waals surface area contributed by atoms with Crippen LogP contribution in [-0.2, 0) is 9.53 Å². The molecule has 1 aliphatic heterocycles. The number of carbonyl (C=O) groups is 2. The van der Waals surface area contributed by atoms with Crippen molar-refractivity contribution in [1.29, 1.82) is 0 Å². The van der Waals surface area contributed by atoms with Crippen LogP contribution in [0.2, 0.25) is 0 Å². The molecule has 1 atom stereocenters. The molecule has 2 rings (SSSR count). The Labute approximate surface area is 123 Å². The van der Waals surface area contributed by atoms with Crippen LogP contribution in [0.4, 0.5) is 10.5 Å². The van der Waals surface area contributed by atoms with Crippen LogP contribution in [0, 0.1) is 5.21 Å². The van der Waals surface area contributed by atoms with Crippen LogP contribution in [0.15, 0.2) is 24.5 Å². The van der Waals surface area contributed by atoms with Crippen LogP contribution >= 0.6 is 0 Å². The van der Waals surface area contributed by atoms with Crippen molar-refractivity contribution >= 4 is 17.7 Å². The number of nitrogens with zero attached hydrogens (tertiary/aromatic N) is 3. The molecule has 7 nitrogen and oxygen atoms in total. The van der Waals surface area contributed by atoms with E-state index in [4.69, 9.17) is 4.74 Å². The summed E-state index contributed by atoms with van der Waals surface area (Å²) in [4.78, 5) is 29.4. The first-order valence-corrected chi connectivity index (χ1v) is 6.70. The van der Waals surface area contributed by atoms with Crippen LogP contribution in [0.3, 0.4) is 0 Å². The summed E-state index contributed by atoms with van der Waals surface area (Å²) >= 11 is 0. The first-order valence-electron chi connectivity index (χ1n) is 6.70. The largest absolute Gasteiger partial charge is 0.753 e. The number of amides is 2. The first-order chi connectivity index (χ1) is 9.80. The van der Waals surface area contributed by atoms with E-state index in [1.165, 1.54) is 4.90 Å². The molecule has 2 heterocycles. The molecular formula is C14H18N3O4-. The maximum atomic E-state index is 12.2. The van der Waals surface area contributed by atoms with Crippen LogP contribution < -0.4 is 4.90 Å². The van der Waals surface area contributed by atoms with Gasteiger partial charge in [0.25, 0.3) is 5.91 Å². The van der Waals surface area contributed by atoms with Gasteiger partial charge in [-0.05, 0) is 32.9 Å². The molecule has 1 fully saturated rings. The number of pyridine rings is 1. The molecule has 21 heavy (non-hydrogen) atoms. The number of hydrogen-bond donors (Lipinski definition) is 0. The lowest BCUT2D eigenvalue weighted by Gasteiger charge is -2.40. The van der Waals surface area contributed by atoms with E-state index in [-0.39, 0.29) is 11.0 Å². The predicted molar refractivity (Wildman–Crippen MR) is 76.4 cm³/mol. The Morgan fingerprint density at radius 3 is 2.81 bits per heavy atom. The average Bonchev–Trinajstić information content (AvgIpc) is 2.79. The van der Waals surface area contributed by atoms with E-state index >= 15 is 0 Å². The van der Waals surface area contributed by atoms with E-state index in [0.29, 0.717) is 18.7 Å². The van der Waals surface area contributed by atoms with E-state index in [9.17, 15) is 14.8 Å². The Morgan fingerprint density at radius 1 is 1.52 bits per heavy atom. The summed E-state index contributed by atoms with van der Waals surface area (Å²) in [6, 6.07) is 3.48. The third kappa shape index (κ3) is 3.30. The van der Waals surface area contributed by atoms with Gasteiger partial charge in [0.1, 0.15) is 0 Å². The topological polar surface area (TPSA) is 85.8 Å². The maximum absolute atomic E-state index is 12.2. The molecular weight excluding hydrogens is 274 g/mol. The van der Waals surface area contributed by atoms with Crippen molar-refractivity contribution in [3.63, 3.8) is 0 Å². The molecule has 114 valence electrons. The molecule has 0 aromatic carbocycles. The van der Waals surface area contributed by atoms with Gasteiger partial charge in [-0.2, -0.15) is 0 Å². The zero-order chi connectivity index (χ0) is 15.6. The molecule has 0 saturated carbocycles. The molecule has 1 aromatic rings. The Balaban J connectivity index is 2.01. The van der Waals surface area contributed by atoms with Crippen molar-refractivity contribution in [1.82, 2.24) is 10.0 Å². The van der Waals surface area contributed by atoms with E-state index < -0.39 is 17.7 Å². The van der Waals surface area contributed by atoms with Crippen molar-refractivity contribution < 1.29 is 14.3 Å². The van der Waals surface area contributed by atoms with Crippen LogP contribution in [0.1, 0.15) is 27.2 Å². The van der Waals surface area contributed by atoms with E-state index in [1.54, 1.807) is 45.3 Å². The van der Waals surface area contributed by atoms with Gasteiger partial charge in [-0.1, -0.05) is 0 Å². The van der Waals surface area contributed by atoms with Gasteiger partial charge in [0, 0.05) is 24.7 Å². The predicted octanol–water partition coefficient (Wildman–Crippen LogP) is 1.92. The second kappa shape index (κ2) is 5.69. The van der Waals surface area contributed by atoms with Crippen molar-refractivity contribution in [3.05, 3.63) is 29.7 Å². The molecule has 2 amide bonds. The minimum Gasteiger partial charge on any atom is -0.753 e. The SMILES string of the molecule is CC(C)(C)N([O-])C(=O)OC1CCN(c2cccnc2)C1=O. The summed E-state index contributed by atoms with van der Waals surface area (Å²) in [7, 11) is 0. The number of hydroxylamine groups is 2. The van der Waals surface area contributed by atoms with Gasteiger partial charge in [-0.25, -0.2) is 4.79 Å². The quantitative estimate of drug-likeness (QED) is 0.777. The molecule has 0 N–H and O–H groups in total. The fourth-order valence-corrected chi connectivity index (χ4v) is 1.98. The fraction of sp³-hybridized carbons (Fsp3) is 0.500. The Hall–Kier alpha value is -2.15. The summed E-state index contributed by atoms with van der Waals surface area (Å²) in [6.07, 6.45) is 1.58. The van der Waals surface area contributed by atoms with Gasteiger partial charge in [-0.15, -0.1) is 0 Å². The second-order valence-electron chi connectivity index (χ2n) is 5.83. The second-order valence-corrected chi connectivity index (χ2v) is 5.83. The average molecular weight is 292 g/mol. The highest BCUT2D eigenvalue weighted by Crippen LogP contribution is 2.23. The lowest BCUT2D eigenvalue weighted by molar-refractivity contribution is -0.124. The standard InChI is InChI=1S/C14H18N3O4/c1-14(2,3)17(20)13(19)21-11-6-8-16(12(11)18)10-5-4-7-15-9-10/h4-5,7,9,11H,6,8H2,1-3H3/q-1. The van der Waals surface area contributed by atoms with Gasteiger partial charge >= 0.3 is 6.09 Å². The van der Waals surface area contributed by atoms with Gasteiger partial charge in [0.05, 0.1) is 11.9 Å². The number of hydrogen-bond acceptors (Lipinski definition) is 5. The Kier molecular flexibility index (Phi) is 4.13.